The van der Waals surface area contributed by atoms with Crippen molar-refractivity contribution in [1.29, 1.82) is 0 Å². The van der Waals surface area contributed by atoms with E-state index >= 15 is 0 Å². The molecule has 1 radical (unpaired) electrons. The zero-order valence-corrected chi connectivity index (χ0v) is 6.48. The lowest BCUT2D eigenvalue weighted by Gasteiger charge is -1.92. The van der Waals surface area contributed by atoms with Crippen LogP contribution in [-0.2, 0) is 16.6 Å². The average molecular weight is 168 g/mol. The molecule has 0 spiro atoms. The second kappa shape index (κ2) is 2.06. The average Bonchev–Trinajstić information content (AvgIpc) is 2.29. The first-order valence-electron chi connectivity index (χ1n) is 3.19. The lowest BCUT2D eigenvalue weighted by molar-refractivity contribution is 0.589. The van der Waals surface area contributed by atoms with Crippen molar-refractivity contribution in [1.82, 2.24) is 4.72 Å². The van der Waals surface area contributed by atoms with Gasteiger partial charge < -0.3 is 0 Å². The van der Waals surface area contributed by atoms with Gasteiger partial charge in [-0.15, -0.1) is 0 Å². The van der Waals surface area contributed by atoms with E-state index in [1.807, 2.05) is 0 Å². The van der Waals surface area contributed by atoms with Gasteiger partial charge in [0, 0.05) is 6.54 Å². The molecule has 0 aliphatic carbocycles. The summed E-state index contributed by atoms with van der Waals surface area (Å²) >= 11 is 0. The molecule has 4 heteroatoms. The Morgan fingerprint density at radius 3 is 3.09 bits per heavy atom. The number of hydrogen-bond donors (Lipinski definition) is 1. The van der Waals surface area contributed by atoms with Crippen LogP contribution in [0.25, 0.3) is 0 Å². The number of sulfonamides is 1. The third-order valence-corrected chi connectivity index (χ3v) is 3.14. The number of fused-ring (bicyclic) bond motifs is 1. The summed E-state index contributed by atoms with van der Waals surface area (Å²) < 4.78 is 24.7. The molecular weight excluding hydrogens is 162 g/mol. The van der Waals surface area contributed by atoms with Crippen molar-refractivity contribution in [3.8, 4) is 0 Å². The Hall–Kier alpha value is -0.870. The van der Waals surface area contributed by atoms with Crippen LogP contribution in [0.4, 0.5) is 0 Å². The Balaban J connectivity index is 2.75. The maximum Gasteiger partial charge on any atom is 0.241 e. The van der Waals surface area contributed by atoms with E-state index in [0.29, 0.717) is 11.4 Å². The second-order valence-corrected chi connectivity index (χ2v) is 4.09. The minimum Gasteiger partial charge on any atom is -0.207 e. The predicted molar refractivity (Wildman–Crippen MR) is 39.3 cm³/mol. The lowest BCUT2D eigenvalue weighted by Crippen LogP contribution is -2.13. The third kappa shape index (κ3) is 0.948. The van der Waals surface area contributed by atoms with Crippen molar-refractivity contribution >= 4 is 10.0 Å². The van der Waals surface area contributed by atoms with Crippen LogP contribution >= 0.6 is 0 Å². The van der Waals surface area contributed by atoms with Gasteiger partial charge in [0.15, 0.2) is 0 Å². The van der Waals surface area contributed by atoms with Crippen molar-refractivity contribution < 1.29 is 8.42 Å². The van der Waals surface area contributed by atoms with Crippen LogP contribution in [0.3, 0.4) is 0 Å². The maximum absolute atomic E-state index is 11.1. The van der Waals surface area contributed by atoms with E-state index in [4.69, 9.17) is 0 Å². The van der Waals surface area contributed by atoms with Crippen LogP contribution in [0.1, 0.15) is 5.56 Å². The molecule has 1 N–H and O–H groups in total. The maximum atomic E-state index is 11.1. The van der Waals surface area contributed by atoms with Crippen molar-refractivity contribution in [2.75, 3.05) is 0 Å². The fourth-order valence-corrected chi connectivity index (χ4v) is 2.30. The molecule has 1 aromatic rings. The summed E-state index contributed by atoms with van der Waals surface area (Å²) in [4.78, 5) is 0.361. The molecule has 1 aliphatic heterocycles. The SMILES string of the molecule is O=S1(=O)NCc2cc[c]cc21. The Morgan fingerprint density at radius 1 is 1.55 bits per heavy atom. The first-order chi connectivity index (χ1) is 5.20. The fraction of sp³-hybridized carbons (Fsp3) is 0.143. The van der Waals surface area contributed by atoms with Crippen LogP contribution in [0, 0.1) is 6.07 Å². The molecule has 1 aliphatic rings. The largest absolute Gasteiger partial charge is 0.241 e. The van der Waals surface area contributed by atoms with Gasteiger partial charge in [0.2, 0.25) is 10.0 Å². The van der Waals surface area contributed by atoms with E-state index in [9.17, 15) is 8.42 Å². The quantitative estimate of drug-likeness (QED) is 0.604. The number of nitrogens with one attached hydrogen (secondary N) is 1. The molecule has 1 aromatic carbocycles. The molecule has 0 saturated carbocycles. The second-order valence-electron chi connectivity index (χ2n) is 2.36. The number of rotatable bonds is 0. The molecule has 0 aromatic heterocycles. The molecule has 0 saturated heterocycles. The first kappa shape index (κ1) is 6.82. The van der Waals surface area contributed by atoms with Crippen LogP contribution in [0.15, 0.2) is 23.1 Å². The summed E-state index contributed by atoms with van der Waals surface area (Å²) in [6.45, 7) is 0.409. The zero-order valence-electron chi connectivity index (χ0n) is 5.66. The summed E-state index contributed by atoms with van der Waals surface area (Å²) in [5, 5.41) is 0. The number of hydrogen-bond acceptors (Lipinski definition) is 2. The van der Waals surface area contributed by atoms with E-state index in [2.05, 4.69) is 10.8 Å². The van der Waals surface area contributed by atoms with Gasteiger partial charge in [-0.25, -0.2) is 13.1 Å². The molecule has 57 valence electrons. The van der Waals surface area contributed by atoms with Crippen molar-refractivity contribution in [2.45, 2.75) is 11.4 Å². The predicted octanol–water partition coefficient (Wildman–Crippen LogP) is 0.279. The Morgan fingerprint density at radius 2 is 2.36 bits per heavy atom. The Labute approximate surface area is 65.1 Å². The standard InChI is InChI=1S/C7H6NO2S/c9-11(10)7-4-2-1-3-6(7)5-8-11/h1,3-4,8H,5H2. The molecule has 11 heavy (non-hydrogen) atoms. The van der Waals surface area contributed by atoms with Gasteiger partial charge in [-0.3, -0.25) is 0 Å². The fourth-order valence-electron chi connectivity index (χ4n) is 1.09. The van der Waals surface area contributed by atoms with Crippen molar-refractivity contribution in [3.63, 3.8) is 0 Å². The van der Waals surface area contributed by atoms with Crippen molar-refractivity contribution in [2.24, 2.45) is 0 Å². The molecular formula is C7H6NO2S. The third-order valence-electron chi connectivity index (χ3n) is 1.65. The van der Waals surface area contributed by atoms with Gasteiger partial charge in [0.25, 0.3) is 0 Å². The number of benzene rings is 1. The van der Waals surface area contributed by atoms with Gasteiger partial charge in [-0.1, -0.05) is 12.1 Å². The highest BCUT2D eigenvalue weighted by Gasteiger charge is 2.23. The van der Waals surface area contributed by atoms with Gasteiger partial charge in [0.05, 0.1) is 4.90 Å². The normalized spacial score (nSPS) is 19.6. The molecule has 3 nitrogen and oxygen atoms in total. The topological polar surface area (TPSA) is 46.2 Å². The van der Waals surface area contributed by atoms with Crippen LogP contribution in [0.5, 0.6) is 0 Å². The van der Waals surface area contributed by atoms with Gasteiger partial charge in [0.1, 0.15) is 0 Å². The molecule has 0 fully saturated rings. The highest BCUT2D eigenvalue weighted by Crippen LogP contribution is 2.20. The highest BCUT2D eigenvalue weighted by molar-refractivity contribution is 7.89. The molecule has 0 amide bonds. The monoisotopic (exact) mass is 168 g/mol. The molecule has 0 bridgehead atoms. The van der Waals surface area contributed by atoms with Gasteiger partial charge >= 0.3 is 0 Å². The molecule has 0 unspecified atom stereocenters. The summed E-state index contributed by atoms with van der Waals surface area (Å²) in [7, 11) is -3.19. The highest BCUT2D eigenvalue weighted by atomic mass is 32.2. The smallest absolute Gasteiger partial charge is 0.207 e. The van der Waals surface area contributed by atoms with E-state index < -0.39 is 10.0 Å². The van der Waals surface area contributed by atoms with E-state index in [0.717, 1.165) is 5.56 Å². The summed E-state index contributed by atoms with van der Waals surface area (Å²) in [5.74, 6) is 0. The Kier molecular flexibility index (Phi) is 1.27. The van der Waals surface area contributed by atoms with Gasteiger partial charge in [-0.2, -0.15) is 0 Å². The van der Waals surface area contributed by atoms with E-state index in [1.165, 1.54) is 6.07 Å². The van der Waals surface area contributed by atoms with Crippen LogP contribution < -0.4 is 4.72 Å². The van der Waals surface area contributed by atoms with Gasteiger partial charge in [-0.05, 0) is 17.7 Å². The zero-order chi connectivity index (χ0) is 7.90. The lowest BCUT2D eigenvalue weighted by atomic mass is 10.2. The molecule has 1 heterocycles. The summed E-state index contributed by atoms with van der Waals surface area (Å²) in [6, 6.07) is 7.69. The van der Waals surface area contributed by atoms with Crippen molar-refractivity contribution in [3.05, 3.63) is 29.8 Å². The molecule has 0 atom stereocenters. The van der Waals surface area contributed by atoms with Crippen LogP contribution in [0.2, 0.25) is 0 Å². The van der Waals surface area contributed by atoms with E-state index in [1.54, 1.807) is 12.1 Å². The summed E-state index contributed by atoms with van der Waals surface area (Å²) in [5.41, 5.74) is 0.823. The molecule has 2 rings (SSSR count). The summed E-state index contributed by atoms with van der Waals surface area (Å²) in [6.07, 6.45) is 0. The minimum absolute atomic E-state index is 0.361. The van der Waals surface area contributed by atoms with E-state index in [-0.39, 0.29) is 0 Å². The minimum atomic E-state index is -3.19. The first-order valence-corrected chi connectivity index (χ1v) is 4.67. The Bertz CT molecular complexity index is 383. The van der Waals surface area contributed by atoms with Crippen LogP contribution in [-0.4, -0.2) is 8.42 Å².